The van der Waals surface area contributed by atoms with Crippen LogP contribution in [0, 0.1) is 17.8 Å². The van der Waals surface area contributed by atoms with Crippen LogP contribution in [0.3, 0.4) is 0 Å². The molecule has 4 unspecified atom stereocenters. The van der Waals surface area contributed by atoms with Gasteiger partial charge in [0.1, 0.15) is 12.1 Å². The van der Waals surface area contributed by atoms with E-state index in [-0.39, 0.29) is 29.9 Å². The second-order valence-electron chi connectivity index (χ2n) is 7.32. The van der Waals surface area contributed by atoms with Gasteiger partial charge in [0.25, 0.3) is 0 Å². The van der Waals surface area contributed by atoms with E-state index in [1.165, 1.54) is 6.42 Å². The van der Waals surface area contributed by atoms with Gasteiger partial charge < -0.3 is 10.2 Å². The van der Waals surface area contributed by atoms with Gasteiger partial charge in [0.2, 0.25) is 11.8 Å². The van der Waals surface area contributed by atoms with Crippen LogP contribution in [0.4, 0.5) is 0 Å². The highest BCUT2D eigenvalue weighted by Crippen LogP contribution is 2.38. The molecule has 4 heteroatoms. The summed E-state index contributed by atoms with van der Waals surface area (Å²) in [6.07, 6.45) is 5.49. The van der Waals surface area contributed by atoms with Gasteiger partial charge >= 0.3 is 0 Å². The molecule has 3 fully saturated rings. The van der Waals surface area contributed by atoms with Crippen LogP contribution in [-0.2, 0) is 9.59 Å². The van der Waals surface area contributed by atoms with Crippen molar-refractivity contribution in [2.45, 2.75) is 71.0 Å². The molecule has 1 saturated heterocycles. The van der Waals surface area contributed by atoms with Crippen molar-refractivity contribution in [3.8, 4) is 0 Å². The van der Waals surface area contributed by atoms with E-state index < -0.39 is 0 Å². The first-order valence-electron chi connectivity index (χ1n) is 8.10. The number of hydrogen-bond acceptors (Lipinski definition) is 2. The zero-order valence-electron chi connectivity index (χ0n) is 12.8. The molecule has 0 spiro atoms. The SMILES string of the molecule is CC1CC(C)CC(N2C(=O)C(C3CC3)NC(=O)C2C)C1. The second kappa shape index (κ2) is 5.05. The molecule has 3 aliphatic rings. The molecule has 112 valence electrons. The van der Waals surface area contributed by atoms with E-state index in [1.807, 2.05) is 11.8 Å². The summed E-state index contributed by atoms with van der Waals surface area (Å²) in [6.45, 7) is 6.40. The Balaban J connectivity index is 1.80. The summed E-state index contributed by atoms with van der Waals surface area (Å²) in [4.78, 5) is 26.9. The first-order chi connectivity index (χ1) is 9.47. The van der Waals surface area contributed by atoms with Gasteiger partial charge in [-0.25, -0.2) is 0 Å². The van der Waals surface area contributed by atoms with E-state index >= 15 is 0 Å². The average Bonchev–Trinajstić information content (AvgIpc) is 3.17. The Labute approximate surface area is 121 Å². The van der Waals surface area contributed by atoms with E-state index in [9.17, 15) is 9.59 Å². The van der Waals surface area contributed by atoms with Crippen molar-refractivity contribution >= 4 is 11.8 Å². The van der Waals surface area contributed by atoms with Crippen molar-refractivity contribution in [2.24, 2.45) is 17.8 Å². The molecule has 2 saturated carbocycles. The summed E-state index contributed by atoms with van der Waals surface area (Å²) in [6, 6.07) is -0.296. The number of hydrogen-bond donors (Lipinski definition) is 1. The molecular weight excluding hydrogens is 252 g/mol. The fourth-order valence-corrected chi connectivity index (χ4v) is 4.19. The topological polar surface area (TPSA) is 49.4 Å². The Morgan fingerprint density at radius 3 is 2.15 bits per heavy atom. The van der Waals surface area contributed by atoms with Gasteiger partial charge in [-0.2, -0.15) is 0 Å². The normalized spacial score (nSPS) is 42.5. The molecule has 0 aromatic heterocycles. The molecule has 0 bridgehead atoms. The van der Waals surface area contributed by atoms with E-state index in [0.717, 1.165) is 25.7 Å². The van der Waals surface area contributed by atoms with Crippen LogP contribution in [-0.4, -0.2) is 34.8 Å². The van der Waals surface area contributed by atoms with E-state index in [4.69, 9.17) is 0 Å². The third kappa shape index (κ3) is 2.45. The molecule has 3 rings (SSSR count). The van der Waals surface area contributed by atoms with Crippen molar-refractivity contribution in [1.29, 1.82) is 0 Å². The Hall–Kier alpha value is -1.06. The average molecular weight is 278 g/mol. The quantitative estimate of drug-likeness (QED) is 0.839. The van der Waals surface area contributed by atoms with E-state index in [0.29, 0.717) is 17.8 Å². The van der Waals surface area contributed by atoms with Gasteiger partial charge in [0.05, 0.1) is 0 Å². The van der Waals surface area contributed by atoms with Crippen molar-refractivity contribution in [3.05, 3.63) is 0 Å². The third-order valence-electron chi connectivity index (χ3n) is 5.26. The third-order valence-corrected chi connectivity index (χ3v) is 5.26. The minimum atomic E-state index is -0.306. The van der Waals surface area contributed by atoms with E-state index in [2.05, 4.69) is 19.2 Å². The number of nitrogens with zero attached hydrogens (tertiary/aromatic N) is 1. The van der Waals surface area contributed by atoms with Crippen molar-refractivity contribution < 1.29 is 9.59 Å². The van der Waals surface area contributed by atoms with Crippen LogP contribution in [0.2, 0.25) is 0 Å². The zero-order chi connectivity index (χ0) is 14.4. The monoisotopic (exact) mass is 278 g/mol. The van der Waals surface area contributed by atoms with Crippen LogP contribution in [0.1, 0.15) is 52.9 Å². The van der Waals surface area contributed by atoms with Gasteiger partial charge in [-0.1, -0.05) is 13.8 Å². The lowest BCUT2D eigenvalue weighted by Gasteiger charge is -2.46. The maximum atomic E-state index is 12.8. The van der Waals surface area contributed by atoms with Gasteiger partial charge in [-0.05, 0) is 56.8 Å². The molecule has 1 N–H and O–H groups in total. The van der Waals surface area contributed by atoms with Gasteiger partial charge in [0, 0.05) is 6.04 Å². The highest BCUT2D eigenvalue weighted by atomic mass is 16.2. The minimum Gasteiger partial charge on any atom is -0.342 e. The Morgan fingerprint density at radius 2 is 1.60 bits per heavy atom. The van der Waals surface area contributed by atoms with Crippen LogP contribution < -0.4 is 5.32 Å². The largest absolute Gasteiger partial charge is 0.342 e. The second-order valence-corrected chi connectivity index (χ2v) is 7.32. The molecule has 4 nitrogen and oxygen atoms in total. The number of rotatable bonds is 2. The molecule has 20 heavy (non-hydrogen) atoms. The maximum Gasteiger partial charge on any atom is 0.246 e. The summed E-state index contributed by atoms with van der Waals surface area (Å²) in [5.74, 6) is 1.89. The van der Waals surface area contributed by atoms with E-state index in [1.54, 1.807) is 0 Å². The lowest BCUT2D eigenvalue weighted by Crippen LogP contribution is -2.66. The van der Waals surface area contributed by atoms with Crippen LogP contribution in [0.15, 0.2) is 0 Å². The molecule has 1 aliphatic heterocycles. The van der Waals surface area contributed by atoms with Gasteiger partial charge in [-0.15, -0.1) is 0 Å². The number of amides is 2. The van der Waals surface area contributed by atoms with Gasteiger partial charge in [-0.3, -0.25) is 9.59 Å². The van der Waals surface area contributed by atoms with Crippen molar-refractivity contribution in [1.82, 2.24) is 10.2 Å². The highest BCUT2D eigenvalue weighted by Gasteiger charge is 2.48. The predicted octanol–water partition coefficient (Wildman–Crippen LogP) is 1.94. The fourth-order valence-electron chi connectivity index (χ4n) is 4.19. The molecule has 4 atom stereocenters. The standard InChI is InChI=1S/C16H26N2O2/c1-9-6-10(2)8-13(7-9)18-11(3)15(19)17-14(16(18)20)12-4-5-12/h9-14H,4-8H2,1-3H3,(H,17,19). The Morgan fingerprint density at radius 1 is 1.00 bits per heavy atom. The summed E-state index contributed by atoms with van der Waals surface area (Å²) in [7, 11) is 0. The highest BCUT2D eigenvalue weighted by molar-refractivity contribution is 5.97. The Kier molecular flexibility index (Phi) is 3.51. The molecule has 1 heterocycles. The lowest BCUT2D eigenvalue weighted by atomic mass is 9.79. The van der Waals surface area contributed by atoms with Crippen molar-refractivity contribution in [2.75, 3.05) is 0 Å². The molecule has 2 amide bonds. The fraction of sp³-hybridized carbons (Fsp3) is 0.875. The zero-order valence-corrected chi connectivity index (χ0v) is 12.8. The first kappa shape index (κ1) is 13.9. The Bertz CT molecular complexity index is 409. The van der Waals surface area contributed by atoms with Crippen LogP contribution >= 0.6 is 0 Å². The smallest absolute Gasteiger partial charge is 0.246 e. The minimum absolute atomic E-state index is 0.0346. The summed E-state index contributed by atoms with van der Waals surface area (Å²) >= 11 is 0. The number of nitrogens with one attached hydrogen (secondary N) is 1. The van der Waals surface area contributed by atoms with Crippen LogP contribution in [0.25, 0.3) is 0 Å². The molecule has 0 aromatic carbocycles. The van der Waals surface area contributed by atoms with Gasteiger partial charge in [0.15, 0.2) is 0 Å². The summed E-state index contributed by atoms with van der Waals surface area (Å²) in [5.41, 5.74) is 0. The first-order valence-corrected chi connectivity index (χ1v) is 8.10. The van der Waals surface area contributed by atoms with Crippen LogP contribution in [0.5, 0.6) is 0 Å². The summed E-state index contributed by atoms with van der Waals surface area (Å²) in [5, 5.41) is 2.94. The maximum absolute atomic E-state index is 12.8. The molecule has 0 radical (unpaired) electrons. The van der Waals surface area contributed by atoms with Crippen molar-refractivity contribution in [3.63, 3.8) is 0 Å². The molecule has 2 aliphatic carbocycles. The lowest BCUT2D eigenvalue weighted by molar-refractivity contribution is -0.153. The molecule has 0 aromatic rings. The molecular formula is C16H26N2O2. The predicted molar refractivity (Wildman–Crippen MR) is 76.9 cm³/mol. The number of piperazine rings is 1. The number of carbonyl (C=O) groups is 2. The summed E-state index contributed by atoms with van der Waals surface area (Å²) < 4.78 is 0. The number of carbonyl (C=O) groups excluding carboxylic acids is 2.